The van der Waals surface area contributed by atoms with Crippen LogP contribution in [0.1, 0.15) is 24.8 Å². The molecule has 0 bridgehead atoms. The monoisotopic (exact) mass is 405 g/mol. The van der Waals surface area contributed by atoms with Crippen LogP contribution in [-0.4, -0.2) is 34.8 Å². The van der Waals surface area contributed by atoms with Gasteiger partial charge in [-0.3, -0.25) is 4.98 Å². The summed E-state index contributed by atoms with van der Waals surface area (Å²) in [6.07, 6.45) is -0.785. The molecule has 29 heavy (non-hydrogen) atoms. The van der Waals surface area contributed by atoms with Gasteiger partial charge in [0.25, 0.3) is 0 Å². The summed E-state index contributed by atoms with van der Waals surface area (Å²) in [6, 6.07) is 8.52. The average molecular weight is 405 g/mol. The first kappa shape index (κ1) is 20.5. The van der Waals surface area contributed by atoms with E-state index >= 15 is 0 Å². The summed E-state index contributed by atoms with van der Waals surface area (Å²) < 4.78 is 47.1. The summed E-state index contributed by atoms with van der Waals surface area (Å²) in [4.78, 5) is 14.8. The van der Waals surface area contributed by atoms with Gasteiger partial charge in [-0.2, -0.15) is 5.26 Å². The first-order valence-corrected chi connectivity index (χ1v) is 8.93. The van der Waals surface area contributed by atoms with E-state index in [4.69, 9.17) is 15.1 Å². The molecule has 1 amide bonds. The molecule has 0 spiro atoms. The van der Waals surface area contributed by atoms with Crippen LogP contribution >= 0.6 is 0 Å². The minimum absolute atomic E-state index is 0.0376. The van der Waals surface area contributed by atoms with Gasteiger partial charge in [-0.25, -0.2) is 18.0 Å². The molecule has 1 aliphatic rings. The van der Waals surface area contributed by atoms with Crippen molar-refractivity contribution in [3.8, 4) is 23.1 Å². The summed E-state index contributed by atoms with van der Waals surface area (Å²) in [6.45, 7) is -0.0800. The topological polar surface area (TPSA) is 95.2 Å². The lowest BCUT2D eigenvalue weighted by atomic mass is 9.82. The Labute approximate surface area is 164 Å². The van der Waals surface area contributed by atoms with Crippen molar-refractivity contribution >= 4 is 6.09 Å². The minimum atomic E-state index is -2.85. The molecule has 2 atom stereocenters. The molecule has 0 saturated heterocycles. The van der Waals surface area contributed by atoms with Crippen LogP contribution < -0.4 is 10.1 Å². The van der Waals surface area contributed by atoms with E-state index in [1.165, 1.54) is 6.20 Å². The zero-order chi connectivity index (χ0) is 21.0. The summed E-state index contributed by atoms with van der Waals surface area (Å²) >= 11 is 0. The van der Waals surface area contributed by atoms with E-state index in [-0.39, 0.29) is 30.7 Å². The zero-order valence-corrected chi connectivity index (χ0v) is 15.2. The van der Waals surface area contributed by atoms with Crippen molar-refractivity contribution in [2.24, 2.45) is 5.92 Å². The van der Waals surface area contributed by atoms with Gasteiger partial charge in [0.2, 0.25) is 5.92 Å². The number of pyridine rings is 1. The number of hydrogen-bond acceptors (Lipinski definition) is 4. The molecule has 9 heteroatoms. The fourth-order valence-corrected chi connectivity index (χ4v) is 3.38. The molecule has 1 saturated carbocycles. The molecule has 152 valence electrons. The maximum Gasteiger partial charge on any atom is 0.404 e. The highest BCUT2D eigenvalue weighted by atomic mass is 19.3. The van der Waals surface area contributed by atoms with Crippen molar-refractivity contribution in [1.82, 2.24) is 10.3 Å². The van der Waals surface area contributed by atoms with Crippen LogP contribution in [0.4, 0.5) is 18.0 Å². The molecule has 0 aliphatic heterocycles. The van der Waals surface area contributed by atoms with Crippen molar-refractivity contribution in [2.45, 2.75) is 31.2 Å². The van der Waals surface area contributed by atoms with Crippen molar-refractivity contribution in [3.63, 3.8) is 0 Å². The number of ether oxygens (including phenoxy) is 1. The van der Waals surface area contributed by atoms with Crippen LogP contribution in [0.25, 0.3) is 11.3 Å². The number of benzene rings is 1. The van der Waals surface area contributed by atoms with Crippen LogP contribution in [-0.2, 0) is 0 Å². The van der Waals surface area contributed by atoms with E-state index in [1.807, 2.05) is 0 Å². The van der Waals surface area contributed by atoms with Crippen LogP contribution in [0.3, 0.4) is 0 Å². The second-order valence-corrected chi connectivity index (χ2v) is 6.92. The molecule has 1 fully saturated rings. The predicted octanol–water partition coefficient (Wildman–Crippen LogP) is 4.21. The number of amides is 1. The first-order valence-electron chi connectivity index (χ1n) is 8.93. The van der Waals surface area contributed by atoms with Gasteiger partial charge in [-0.05, 0) is 36.8 Å². The van der Waals surface area contributed by atoms with E-state index in [0.29, 0.717) is 11.3 Å². The minimum Gasteiger partial charge on any atom is -0.493 e. The number of aromatic nitrogens is 1. The Morgan fingerprint density at radius 1 is 1.38 bits per heavy atom. The predicted molar refractivity (Wildman–Crippen MR) is 97.1 cm³/mol. The highest BCUT2D eigenvalue weighted by Gasteiger charge is 2.42. The second-order valence-electron chi connectivity index (χ2n) is 6.92. The number of nitriles is 1. The molecule has 6 nitrogen and oxygen atoms in total. The average Bonchev–Trinajstić information content (AvgIpc) is 2.68. The Hall–Kier alpha value is -3.28. The lowest BCUT2D eigenvalue weighted by Gasteiger charge is -2.35. The molecule has 2 N–H and O–H groups in total. The summed E-state index contributed by atoms with van der Waals surface area (Å²) in [5.74, 6) is -3.78. The zero-order valence-electron chi connectivity index (χ0n) is 15.2. The number of nitrogens with zero attached hydrogens (tertiary/aromatic N) is 2. The number of nitrogens with one attached hydrogen (secondary N) is 1. The van der Waals surface area contributed by atoms with E-state index in [2.05, 4.69) is 10.3 Å². The van der Waals surface area contributed by atoms with E-state index < -0.39 is 36.2 Å². The van der Waals surface area contributed by atoms with Crippen LogP contribution in [0.2, 0.25) is 0 Å². The fourth-order valence-electron chi connectivity index (χ4n) is 3.38. The number of carboxylic acid groups (broad SMARTS) is 1. The summed E-state index contributed by atoms with van der Waals surface area (Å²) in [7, 11) is 0. The SMILES string of the molecule is N#Cc1cnc(-c2ccc(OC[C@@H]3CC(F)(F)CC[C@@H]3NC(=O)O)cc2)c(F)c1. The molecule has 0 radical (unpaired) electrons. The molecule has 1 aliphatic carbocycles. The van der Waals surface area contributed by atoms with Crippen LogP contribution in [0.15, 0.2) is 36.5 Å². The summed E-state index contributed by atoms with van der Waals surface area (Å²) in [5.41, 5.74) is 0.655. The van der Waals surface area contributed by atoms with Gasteiger partial charge in [0.05, 0.1) is 12.2 Å². The maximum atomic E-state index is 14.1. The van der Waals surface area contributed by atoms with Crippen LogP contribution in [0, 0.1) is 23.1 Å². The Kier molecular flexibility index (Phi) is 5.92. The Balaban J connectivity index is 1.67. The lowest BCUT2D eigenvalue weighted by molar-refractivity contribution is -0.0677. The molecule has 1 aromatic carbocycles. The molecule has 1 heterocycles. The number of alkyl halides is 2. The van der Waals surface area contributed by atoms with Gasteiger partial charge in [-0.1, -0.05) is 0 Å². The third-order valence-electron chi connectivity index (χ3n) is 4.82. The molecular weight excluding hydrogens is 387 g/mol. The second kappa shape index (κ2) is 8.39. The molecule has 3 rings (SSSR count). The smallest absolute Gasteiger partial charge is 0.404 e. The third-order valence-corrected chi connectivity index (χ3v) is 4.82. The van der Waals surface area contributed by atoms with Gasteiger partial charge in [0, 0.05) is 36.6 Å². The number of rotatable bonds is 5. The standard InChI is InChI=1S/C20H18F3N3O3/c21-16-7-12(9-24)10-25-18(16)13-1-3-15(4-2-13)29-11-14-8-20(22,23)6-5-17(14)26-19(27)28/h1-4,7,10,14,17,26H,5-6,8,11H2,(H,27,28)/t14-,17-/m0/s1. The van der Waals surface area contributed by atoms with Gasteiger partial charge in [0.15, 0.2) is 5.82 Å². The maximum absolute atomic E-state index is 14.1. The normalized spacial score (nSPS) is 20.5. The van der Waals surface area contributed by atoms with Crippen molar-refractivity contribution in [1.29, 1.82) is 5.26 Å². The molecule has 2 aromatic rings. The number of halogens is 3. The van der Waals surface area contributed by atoms with E-state index in [9.17, 15) is 18.0 Å². The molecule has 1 aromatic heterocycles. The lowest BCUT2D eigenvalue weighted by Crippen LogP contribution is -2.48. The highest BCUT2D eigenvalue weighted by Crippen LogP contribution is 2.37. The Bertz CT molecular complexity index is 929. The van der Waals surface area contributed by atoms with Gasteiger partial charge in [-0.15, -0.1) is 0 Å². The fraction of sp³-hybridized carbons (Fsp3) is 0.350. The number of hydrogen-bond donors (Lipinski definition) is 2. The number of carbonyl (C=O) groups is 1. The van der Waals surface area contributed by atoms with Gasteiger partial charge in [0.1, 0.15) is 17.5 Å². The Morgan fingerprint density at radius 3 is 2.72 bits per heavy atom. The quantitative estimate of drug-likeness (QED) is 0.777. The largest absolute Gasteiger partial charge is 0.493 e. The van der Waals surface area contributed by atoms with E-state index in [0.717, 1.165) is 6.07 Å². The van der Waals surface area contributed by atoms with Crippen molar-refractivity contribution in [2.75, 3.05) is 6.61 Å². The third kappa shape index (κ3) is 5.16. The van der Waals surface area contributed by atoms with Crippen LogP contribution in [0.5, 0.6) is 5.75 Å². The first-order chi connectivity index (χ1) is 13.8. The highest BCUT2D eigenvalue weighted by molar-refractivity contribution is 5.65. The van der Waals surface area contributed by atoms with E-state index in [1.54, 1.807) is 30.3 Å². The molecular formula is C20H18F3N3O3. The van der Waals surface area contributed by atoms with Gasteiger partial charge < -0.3 is 15.2 Å². The van der Waals surface area contributed by atoms with Crippen molar-refractivity contribution in [3.05, 3.63) is 47.9 Å². The summed E-state index contributed by atoms with van der Waals surface area (Å²) in [5, 5.41) is 20.0. The van der Waals surface area contributed by atoms with Crippen molar-refractivity contribution < 1.29 is 27.8 Å². The molecule has 0 unspecified atom stereocenters. The Morgan fingerprint density at radius 2 is 2.10 bits per heavy atom. The van der Waals surface area contributed by atoms with Gasteiger partial charge >= 0.3 is 6.09 Å².